The topological polar surface area (TPSA) is 29.5 Å². The van der Waals surface area contributed by atoms with Crippen molar-refractivity contribution >= 4 is 0 Å². The summed E-state index contributed by atoms with van der Waals surface area (Å²) < 4.78 is 5.42. The van der Waals surface area contributed by atoms with Crippen molar-refractivity contribution in [3.63, 3.8) is 0 Å². The van der Waals surface area contributed by atoms with Crippen LogP contribution in [-0.4, -0.2) is 5.11 Å². The van der Waals surface area contributed by atoms with Crippen LogP contribution in [0.5, 0.6) is 0 Å². The molecule has 0 spiro atoms. The van der Waals surface area contributed by atoms with E-state index in [1.807, 2.05) is 6.07 Å². The minimum atomic E-state index is -0.422. The summed E-state index contributed by atoms with van der Waals surface area (Å²) in [7, 11) is 0. The van der Waals surface area contributed by atoms with E-state index in [0.717, 1.165) is 18.4 Å². The van der Waals surface area contributed by atoms with Gasteiger partial charge in [0.05, 0.1) is 13.2 Å². The van der Waals surface area contributed by atoms with E-state index in [0.29, 0.717) is 13.2 Å². The second kappa shape index (κ2) is 5.25. The maximum absolute atomic E-state index is 10.5. The van der Waals surface area contributed by atoms with Gasteiger partial charge in [-0.05, 0) is 47.9 Å². The number of fused-ring (bicyclic) bond motifs is 1. The fraction of sp³-hybridized carbons (Fsp3) is 0.500. The van der Waals surface area contributed by atoms with Crippen molar-refractivity contribution in [2.45, 2.75) is 51.4 Å². The molecule has 0 amide bonds. The van der Waals surface area contributed by atoms with Gasteiger partial charge in [-0.3, -0.25) is 0 Å². The number of aliphatic hydroxyl groups excluding tert-OH is 1. The molecule has 1 unspecified atom stereocenters. The van der Waals surface area contributed by atoms with Crippen LogP contribution < -0.4 is 0 Å². The molecule has 1 aliphatic carbocycles. The average molecular weight is 244 g/mol. The van der Waals surface area contributed by atoms with Gasteiger partial charge in [-0.15, -0.1) is 0 Å². The summed E-state index contributed by atoms with van der Waals surface area (Å²) in [6, 6.07) is 6.25. The van der Waals surface area contributed by atoms with Crippen LogP contribution in [0.2, 0.25) is 0 Å². The van der Waals surface area contributed by atoms with E-state index >= 15 is 0 Å². The number of ether oxygens (including phenoxy) is 1. The van der Waals surface area contributed by atoms with Gasteiger partial charge in [0.15, 0.2) is 0 Å². The lowest BCUT2D eigenvalue weighted by molar-refractivity contribution is 0.134. The summed E-state index contributed by atoms with van der Waals surface area (Å²) in [6.07, 6.45) is 7.71. The summed E-state index contributed by atoms with van der Waals surface area (Å²) >= 11 is 0. The first kappa shape index (κ1) is 11.9. The molecule has 3 rings (SSSR count). The van der Waals surface area contributed by atoms with E-state index in [1.165, 1.54) is 36.0 Å². The van der Waals surface area contributed by atoms with Gasteiger partial charge in [-0.25, -0.2) is 0 Å². The van der Waals surface area contributed by atoms with Crippen molar-refractivity contribution in [3.8, 4) is 0 Å². The fourth-order valence-corrected chi connectivity index (χ4v) is 2.86. The molecule has 96 valence electrons. The number of aliphatic hydroxyl groups is 1. The Balaban J connectivity index is 1.83. The molecule has 0 saturated carbocycles. The fourth-order valence-electron chi connectivity index (χ4n) is 2.86. The van der Waals surface area contributed by atoms with Gasteiger partial charge in [-0.2, -0.15) is 0 Å². The normalized spacial score (nSPS) is 21.1. The molecule has 2 nitrogen and oxygen atoms in total. The van der Waals surface area contributed by atoms with Crippen molar-refractivity contribution < 1.29 is 9.84 Å². The highest BCUT2D eigenvalue weighted by atomic mass is 16.5. The smallest absolute Gasteiger partial charge is 0.100 e. The summed E-state index contributed by atoms with van der Waals surface area (Å²) in [6.45, 7) is 1.41. The summed E-state index contributed by atoms with van der Waals surface area (Å²) in [4.78, 5) is 0. The van der Waals surface area contributed by atoms with E-state index in [9.17, 15) is 5.11 Å². The molecule has 0 bridgehead atoms. The second-order valence-electron chi connectivity index (χ2n) is 5.30. The first-order valence-electron chi connectivity index (χ1n) is 6.91. The van der Waals surface area contributed by atoms with Crippen LogP contribution in [0.1, 0.15) is 54.9 Å². The van der Waals surface area contributed by atoms with Crippen LogP contribution in [0.4, 0.5) is 0 Å². The molecular formula is C16H20O2. The van der Waals surface area contributed by atoms with Crippen LogP contribution >= 0.6 is 0 Å². The Labute approximate surface area is 108 Å². The summed E-state index contributed by atoms with van der Waals surface area (Å²) in [5.74, 6) is 0. The molecule has 1 heterocycles. The SMILES string of the molecule is OC(C1=CCCCCC1)c1ccc2c(c1)COC2. The van der Waals surface area contributed by atoms with Gasteiger partial charge in [0, 0.05) is 0 Å². The minimum absolute atomic E-state index is 0.422. The molecule has 2 aliphatic rings. The quantitative estimate of drug-likeness (QED) is 0.805. The van der Waals surface area contributed by atoms with Crippen molar-refractivity contribution in [1.82, 2.24) is 0 Å². The summed E-state index contributed by atoms with van der Waals surface area (Å²) in [5.41, 5.74) is 4.72. The number of rotatable bonds is 2. The molecule has 0 fully saturated rings. The highest BCUT2D eigenvalue weighted by Gasteiger charge is 2.18. The van der Waals surface area contributed by atoms with Gasteiger partial charge < -0.3 is 9.84 Å². The van der Waals surface area contributed by atoms with Gasteiger partial charge in [0.2, 0.25) is 0 Å². The molecule has 2 heteroatoms. The lowest BCUT2D eigenvalue weighted by Gasteiger charge is -2.15. The van der Waals surface area contributed by atoms with Crippen LogP contribution in [0.3, 0.4) is 0 Å². The Morgan fingerprint density at radius 3 is 2.89 bits per heavy atom. The van der Waals surface area contributed by atoms with Gasteiger partial charge in [0.1, 0.15) is 6.10 Å². The first-order valence-corrected chi connectivity index (χ1v) is 6.91. The molecule has 1 aromatic rings. The molecule has 1 atom stereocenters. The van der Waals surface area contributed by atoms with Crippen molar-refractivity contribution in [1.29, 1.82) is 0 Å². The maximum atomic E-state index is 10.5. The lowest BCUT2D eigenvalue weighted by atomic mass is 9.95. The number of hydrogen-bond acceptors (Lipinski definition) is 2. The third-order valence-corrected chi connectivity index (χ3v) is 3.99. The molecule has 18 heavy (non-hydrogen) atoms. The highest BCUT2D eigenvalue weighted by molar-refractivity contribution is 5.36. The van der Waals surface area contributed by atoms with E-state index < -0.39 is 6.10 Å². The number of benzene rings is 1. The van der Waals surface area contributed by atoms with Gasteiger partial charge >= 0.3 is 0 Å². The highest BCUT2D eigenvalue weighted by Crippen LogP contribution is 2.31. The predicted octanol–water partition coefficient (Wildman–Crippen LogP) is 3.64. The Hall–Kier alpha value is -1.12. The zero-order valence-electron chi connectivity index (χ0n) is 10.7. The van der Waals surface area contributed by atoms with Crippen molar-refractivity contribution in [2.75, 3.05) is 0 Å². The third-order valence-electron chi connectivity index (χ3n) is 3.99. The molecule has 0 aromatic heterocycles. The van der Waals surface area contributed by atoms with E-state index in [4.69, 9.17) is 4.74 Å². The molecular weight excluding hydrogens is 224 g/mol. The molecule has 1 aliphatic heterocycles. The van der Waals surface area contributed by atoms with Crippen molar-refractivity contribution in [2.24, 2.45) is 0 Å². The van der Waals surface area contributed by atoms with Crippen LogP contribution in [0, 0.1) is 0 Å². The Morgan fingerprint density at radius 2 is 1.94 bits per heavy atom. The number of hydrogen-bond donors (Lipinski definition) is 1. The first-order chi connectivity index (χ1) is 8.84. The zero-order valence-corrected chi connectivity index (χ0v) is 10.7. The monoisotopic (exact) mass is 244 g/mol. The van der Waals surface area contributed by atoms with Gasteiger partial charge in [0.25, 0.3) is 0 Å². The van der Waals surface area contributed by atoms with Crippen LogP contribution in [0.15, 0.2) is 29.8 Å². The lowest BCUT2D eigenvalue weighted by Crippen LogP contribution is -2.02. The standard InChI is InChI=1S/C16H20O2/c17-16(12-5-3-1-2-4-6-12)13-7-8-14-10-18-11-15(14)9-13/h5,7-9,16-17H,1-4,6,10-11H2. The van der Waals surface area contributed by atoms with Crippen LogP contribution in [0.25, 0.3) is 0 Å². The summed E-state index contributed by atoms with van der Waals surface area (Å²) in [5, 5.41) is 10.5. The van der Waals surface area contributed by atoms with E-state index in [-0.39, 0.29) is 0 Å². The Kier molecular flexibility index (Phi) is 3.48. The molecule has 1 aromatic carbocycles. The number of allylic oxidation sites excluding steroid dienone is 1. The van der Waals surface area contributed by atoms with E-state index in [2.05, 4.69) is 18.2 Å². The maximum Gasteiger partial charge on any atom is 0.100 e. The Bertz CT molecular complexity index is 462. The zero-order chi connectivity index (χ0) is 12.4. The molecule has 1 N–H and O–H groups in total. The van der Waals surface area contributed by atoms with Crippen LogP contribution in [-0.2, 0) is 18.0 Å². The third kappa shape index (κ3) is 2.36. The second-order valence-corrected chi connectivity index (χ2v) is 5.30. The van der Waals surface area contributed by atoms with Crippen molar-refractivity contribution in [3.05, 3.63) is 46.5 Å². The van der Waals surface area contributed by atoms with Gasteiger partial charge in [-0.1, -0.05) is 30.7 Å². The average Bonchev–Trinajstić information content (AvgIpc) is 2.69. The minimum Gasteiger partial charge on any atom is -0.384 e. The largest absolute Gasteiger partial charge is 0.384 e. The van der Waals surface area contributed by atoms with E-state index in [1.54, 1.807) is 0 Å². The predicted molar refractivity (Wildman–Crippen MR) is 71.1 cm³/mol. The Morgan fingerprint density at radius 1 is 1.06 bits per heavy atom. The molecule has 0 radical (unpaired) electrons. The molecule has 0 saturated heterocycles.